The van der Waals surface area contributed by atoms with Gasteiger partial charge in [0.25, 0.3) is 0 Å². The molecule has 0 heterocycles. The molecule has 3 N–H and O–H groups in total. The van der Waals surface area contributed by atoms with Crippen LogP contribution in [-0.4, -0.2) is 17.4 Å². The third-order valence-corrected chi connectivity index (χ3v) is 4.12. The summed E-state index contributed by atoms with van der Waals surface area (Å²) in [5.74, 6) is 0.277. The molecule has 3 unspecified atom stereocenters. The fraction of sp³-hybridized carbons (Fsp3) is 0.875. The Morgan fingerprint density at radius 3 is 2.20 bits per heavy atom. The van der Waals surface area contributed by atoms with E-state index in [1.807, 2.05) is 27.7 Å². The molecule has 0 saturated heterocycles. The van der Waals surface area contributed by atoms with Crippen molar-refractivity contribution in [3.05, 3.63) is 0 Å². The van der Waals surface area contributed by atoms with E-state index in [2.05, 4.69) is 12.2 Å². The lowest BCUT2D eigenvalue weighted by atomic mass is 9.82. The molecule has 0 aromatic heterocycles. The predicted octanol–water partition coefficient (Wildman–Crippen LogP) is 2.47. The average molecular weight is 282 g/mol. The van der Waals surface area contributed by atoms with Gasteiger partial charge in [0, 0.05) is 17.4 Å². The van der Waals surface area contributed by atoms with Gasteiger partial charge in [-0.05, 0) is 51.9 Å². The van der Waals surface area contributed by atoms with Crippen molar-refractivity contribution in [2.24, 2.45) is 29.4 Å². The Kier molecular flexibility index (Phi) is 5.60. The Morgan fingerprint density at radius 2 is 1.85 bits per heavy atom. The minimum atomic E-state index is -0.339. The van der Waals surface area contributed by atoms with Crippen LogP contribution in [-0.2, 0) is 9.59 Å². The summed E-state index contributed by atoms with van der Waals surface area (Å²) in [4.78, 5) is 24.3. The molecular weight excluding hydrogens is 252 g/mol. The van der Waals surface area contributed by atoms with Gasteiger partial charge in [0.15, 0.2) is 0 Å². The second kappa shape index (κ2) is 6.59. The van der Waals surface area contributed by atoms with Gasteiger partial charge >= 0.3 is 0 Å². The predicted molar refractivity (Wildman–Crippen MR) is 80.9 cm³/mol. The molecule has 0 bridgehead atoms. The molecule has 1 saturated carbocycles. The summed E-state index contributed by atoms with van der Waals surface area (Å²) in [6.45, 7) is 10.1. The van der Waals surface area contributed by atoms with Gasteiger partial charge in [-0.25, -0.2) is 0 Å². The molecule has 1 fully saturated rings. The monoisotopic (exact) mass is 282 g/mol. The molecule has 4 nitrogen and oxygen atoms in total. The van der Waals surface area contributed by atoms with Crippen LogP contribution in [0.15, 0.2) is 0 Å². The summed E-state index contributed by atoms with van der Waals surface area (Å²) < 4.78 is 0. The van der Waals surface area contributed by atoms with Crippen molar-refractivity contribution in [2.45, 2.75) is 65.8 Å². The number of carbonyl (C=O) groups is 2. The van der Waals surface area contributed by atoms with E-state index in [1.165, 1.54) is 0 Å². The standard InChI is InChI=1S/C16H30N2O2/c1-6-7-12(14(17)19)13(9-11-8-10(11)2)15(20)18-16(3,4)5/h10-13H,6-9H2,1-5H3,(H2,17,19)(H,18,20)/t10?,11?,12?,13-/m1/s1. The van der Waals surface area contributed by atoms with Crippen molar-refractivity contribution < 1.29 is 9.59 Å². The first-order valence-electron chi connectivity index (χ1n) is 7.77. The summed E-state index contributed by atoms with van der Waals surface area (Å²) >= 11 is 0. The topological polar surface area (TPSA) is 72.2 Å². The first kappa shape index (κ1) is 17.0. The first-order valence-corrected chi connectivity index (χ1v) is 7.77. The van der Waals surface area contributed by atoms with Gasteiger partial charge in [-0.2, -0.15) is 0 Å². The lowest BCUT2D eigenvalue weighted by Gasteiger charge is -2.28. The molecule has 0 radical (unpaired) electrons. The van der Waals surface area contributed by atoms with Crippen LogP contribution in [0.4, 0.5) is 0 Å². The maximum Gasteiger partial charge on any atom is 0.224 e. The Hall–Kier alpha value is -1.06. The Labute approximate surface area is 122 Å². The van der Waals surface area contributed by atoms with Crippen LogP contribution in [0.25, 0.3) is 0 Å². The second-order valence-corrected chi connectivity index (χ2v) is 7.35. The fourth-order valence-corrected chi connectivity index (χ4v) is 2.82. The molecule has 1 aliphatic rings. The van der Waals surface area contributed by atoms with Gasteiger partial charge in [-0.15, -0.1) is 0 Å². The summed E-state index contributed by atoms with van der Waals surface area (Å²) in [6, 6.07) is 0. The third kappa shape index (κ3) is 5.14. The van der Waals surface area contributed by atoms with Gasteiger partial charge < -0.3 is 11.1 Å². The number of hydrogen-bond donors (Lipinski definition) is 2. The zero-order valence-corrected chi connectivity index (χ0v) is 13.5. The highest BCUT2D eigenvalue weighted by atomic mass is 16.2. The van der Waals surface area contributed by atoms with Gasteiger partial charge in [0.1, 0.15) is 0 Å². The van der Waals surface area contributed by atoms with E-state index in [9.17, 15) is 9.59 Å². The van der Waals surface area contributed by atoms with Gasteiger partial charge in [0.2, 0.25) is 11.8 Å². The molecule has 0 aromatic carbocycles. The highest BCUT2D eigenvalue weighted by Crippen LogP contribution is 2.44. The molecule has 0 aromatic rings. The summed E-state index contributed by atoms with van der Waals surface area (Å²) in [5, 5.41) is 3.01. The van der Waals surface area contributed by atoms with E-state index in [1.54, 1.807) is 0 Å². The van der Waals surface area contributed by atoms with Crippen LogP contribution >= 0.6 is 0 Å². The number of nitrogens with one attached hydrogen (secondary N) is 1. The highest BCUT2D eigenvalue weighted by Gasteiger charge is 2.41. The molecule has 116 valence electrons. The summed E-state index contributed by atoms with van der Waals surface area (Å²) in [5.41, 5.74) is 5.26. The fourth-order valence-electron chi connectivity index (χ4n) is 2.82. The van der Waals surface area contributed by atoms with Crippen molar-refractivity contribution in [3.63, 3.8) is 0 Å². The summed E-state index contributed by atoms with van der Waals surface area (Å²) in [6.07, 6.45) is 3.51. The molecule has 2 amide bonds. The number of primary amides is 1. The normalized spacial score (nSPS) is 24.9. The number of rotatable bonds is 7. The van der Waals surface area contributed by atoms with Crippen molar-refractivity contribution in [3.8, 4) is 0 Å². The van der Waals surface area contributed by atoms with Crippen LogP contribution < -0.4 is 11.1 Å². The van der Waals surface area contributed by atoms with Gasteiger partial charge in [-0.1, -0.05) is 20.3 Å². The number of nitrogens with two attached hydrogens (primary N) is 1. The van der Waals surface area contributed by atoms with Crippen LogP contribution in [0.5, 0.6) is 0 Å². The summed E-state index contributed by atoms with van der Waals surface area (Å²) in [7, 11) is 0. The highest BCUT2D eigenvalue weighted by molar-refractivity contribution is 5.87. The van der Waals surface area contributed by atoms with Crippen molar-refractivity contribution in [2.75, 3.05) is 0 Å². The zero-order valence-electron chi connectivity index (χ0n) is 13.5. The molecule has 0 spiro atoms. The quantitative estimate of drug-likeness (QED) is 0.753. The van der Waals surface area contributed by atoms with E-state index in [-0.39, 0.29) is 29.2 Å². The zero-order chi connectivity index (χ0) is 15.5. The Bertz CT molecular complexity index is 360. The van der Waals surface area contributed by atoms with E-state index in [0.29, 0.717) is 18.3 Å². The average Bonchev–Trinajstić information content (AvgIpc) is 2.96. The smallest absolute Gasteiger partial charge is 0.224 e. The van der Waals surface area contributed by atoms with E-state index < -0.39 is 0 Å². The number of hydrogen-bond acceptors (Lipinski definition) is 2. The maximum atomic E-state index is 12.5. The minimum Gasteiger partial charge on any atom is -0.369 e. The van der Waals surface area contributed by atoms with E-state index in [4.69, 9.17) is 5.73 Å². The lowest BCUT2D eigenvalue weighted by Crippen LogP contribution is -2.47. The maximum absolute atomic E-state index is 12.5. The molecule has 4 heteroatoms. The van der Waals surface area contributed by atoms with Crippen molar-refractivity contribution >= 4 is 11.8 Å². The minimum absolute atomic E-state index is 0.0196. The van der Waals surface area contributed by atoms with E-state index in [0.717, 1.165) is 19.3 Å². The van der Waals surface area contributed by atoms with Crippen LogP contribution in [0, 0.1) is 23.7 Å². The van der Waals surface area contributed by atoms with Crippen LogP contribution in [0.2, 0.25) is 0 Å². The molecule has 4 atom stereocenters. The molecule has 1 aliphatic carbocycles. The Balaban J connectivity index is 2.82. The molecule has 1 rings (SSSR count). The van der Waals surface area contributed by atoms with Crippen LogP contribution in [0.1, 0.15) is 60.3 Å². The van der Waals surface area contributed by atoms with Gasteiger partial charge in [0.05, 0.1) is 0 Å². The van der Waals surface area contributed by atoms with Crippen molar-refractivity contribution in [1.29, 1.82) is 0 Å². The first-order chi connectivity index (χ1) is 9.15. The molecular formula is C16H30N2O2. The largest absolute Gasteiger partial charge is 0.369 e. The number of amides is 2. The van der Waals surface area contributed by atoms with Crippen molar-refractivity contribution in [1.82, 2.24) is 5.32 Å². The van der Waals surface area contributed by atoms with E-state index >= 15 is 0 Å². The molecule has 20 heavy (non-hydrogen) atoms. The lowest BCUT2D eigenvalue weighted by molar-refractivity contribution is -0.135. The second-order valence-electron chi connectivity index (χ2n) is 7.35. The number of carbonyl (C=O) groups excluding carboxylic acids is 2. The third-order valence-electron chi connectivity index (χ3n) is 4.12. The molecule has 0 aliphatic heterocycles. The van der Waals surface area contributed by atoms with Gasteiger partial charge in [-0.3, -0.25) is 9.59 Å². The van der Waals surface area contributed by atoms with Crippen LogP contribution in [0.3, 0.4) is 0 Å². The Morgan fingerprint density at radius 1 is 1.30 bits per heavy atom. The SMILES string of the molecule is CCCC(C(N)=O)[C@@H](CC1CC1C)C(=O)NC(C)(C)C.